The van der Waals surface area contributed by atoms with E-state index in [4.69, 9.17) is 9.53 Å². The van der Waals surface area contributed by atoms with Crippen molar-refractivity contribution in [2.45, 2.75) is 71.3 Å². The van der Waals surface area contributed by atoms with E-state index in [2.05, 4.69) is 39.7 Å². The predicted octanol–water partition coefficient (Wildman–Crippen LogP) is 4.85. The molecule has 5 atom stereocenters. The van der Waals surface area contributed by atoms with Crippen LogP contribution >= 0.6 is 0 Å². The summed E-state index contributed by atoms with van der Waals surface area (Å²) in [4.78, 5) is 8.00. The topological polar surface area (TPSA) is 52.3 Å². The van der Waals surface area contributed by atoms with Gasteiger partial charge in [0, 0.05) is 7.11 Å². The highest BCUT2D eigenvalue weighted by molar-refractivity contribution is 5.11. The Kier molecular flexibility index (Phi) is 14.7. The molecule has 3 nitrogen and oxygen atoms in total. The molecule has 0 aliphatic heterocycles. The second kappa shape index (κ2) is 13.7. The minimum absolute atomic E-state index is 0.288. The van der Waals surface area contributed by atoms with Gasteiger partial charge < -0.3 is 15.3 Å². The number of carbonyl (C=O) groups excluding carboxylic acids is 1. The fourth-order valence-corrected chi connectivity index (χ4v) is 5.00. The summed E-state index contributed by atoms with van der Waals surface area (Å²) in [5, 5.41) is 0. The van der Waals surface area contributed by atoms with Gasteiger partial charge in [-0.1, -0.05) is 33.6 Å². The average molecular weight is 328 g/mol. The molecule has 5 unspecified atom stereocenters. The average Bonchev–Trinajstić information content (AvgIpc) is 3.33. The van der Waals surface area contributed by atoms with E-state index in [1.165, 1.54) is 52.0 Å². The quantitative estimate of drug-likeness (QED) is 0.738. The molecule has 138 valence electrons. The van der Waals surface area contributed by atoms with E-state index < -0.39 is 0 Å². The smallest absolute Gasteiger partial charge is 0.106 e. The van der Waals surface area contributed by atoms with E-state index in [9.17, 15) is 0 Å². The van der Waals surface area contributed by atoms with Gasteiger partial charge in [-0.05, 0) is 62.8 Å². The van der Waals surface area contributed by atoms with Crippen LogP contribution in [0.5, 0.6) is 0 Å². The molecule has 3 fully saturated rings. The SMILES string of the molecule is C=C.C=O.CCC.CCC1(OC)CC2CC1C1CCCC21.CN. The van der Waals surface area contributed by atoms with Crippen LogP contribution in [0.25, 0.3) is 0 Å². The van der Waals surface area contributed by atoms with Crippen LogP contribution in [0.3, 0.4) is 0 Å². The second-order valence-electron chi connectivity index (χ2n) is 6.39. The van der Waals surface area contributed by atoms with Crippen molar-refractivity contribution in [1.29, 1.82) is 0 Å². The first-order valence-corrected chi connectivity index (χ1v) is 9.14. The molecule has 3 aliphatic rings. The summed E-state index contributed by atoms with van der Waals surface area (Å²) in [7, 11) is 3.44. The Labute approximate surface area is 145 Å². The number of ether oxygens (including phenoxy) is 1. The lowest BCUT2D eigenvalue weighted by atomic mass is 9.72. The molecule has 3 rings (SSSR count). The van der Waals surface area contributed by atoms with Gasteiger partial charge in [-0.25, -0.2) is 0 Å². The third-order valence-corrected chi connectivity index (χ3v) is 5.59. The molecular formula is C20H41NO2. The van der Waals surface area contributed by atoms with Crippen molar-refractivity contribution in [3.05, 3.63) is 13.2 Å². The van der Waals surface area contributed by atoms with Crippen molar-refractivity contribution in [3.8, 4) is 0 Å². The third-order valence-electron chi connectivity index (χ3n) is 5.59. The standard InChI is InChI=1S/C13H22O.C3H8.C2H4.CH5N.CH2O/c1-3-13(14-2)8-9-7-12(13)11-6-4-5-10(9)11;1-3-2;3*1-2/h9-12H,3-8H2,1-2H3;3H2,1-2H3;1-2H2;2H2,1H3;1H2. The third kappa shape index (κ3) is 5.42. The van der Waals surface area contributed by atoms with Crippen molar-refractivity contribution in [1.82, 2.24) is 0 Å². The van der Waals surface area contributed by atoms with Crippen molar-refractivity contribution >= 4 is 6.79 Å². The molecule has 0 aromatic rings. The zero-order chi connectivity index (χ0) is 18.5. The maximum atomic E-state index is 8.00. The molecule has 0 amide bonds. The number of hydrogen-bond acceptors (Lipinski definition) is 3. The molecular weight excluding hydrogens is 286 g/mol. The van der Waals surface area contributed by atoms with Gasteiger partial charge in [0.1, 0.15) is 6.79 Å². The van der Waals surface area contributed by atoms with Gasteiger partial charge in [-0.15, -0.1) is 13.2 Å². The zero-order valence-corrected chi connectivity index (χ0v) is 16.3. The van der Waals surface area contributed by atoms with Crippen molar-refractivity contribution in [3.63, 3.8) is 0 Å². The summed E-state index contributed by atoms with van der Waals surface area (Å²) in [6.45, 7) is 14.6. The van der Waals surface area contributed by atoms with Crippen LogP contribution in [0.15, 0.2) is 13.2 Å². The number of rotatable bonds is 2. The van der Waals surface area contributed by atoms with Crippen LogP contribution in [-0.4, -0.2) is 26.5 Å². The lowest BCUT2D eigenvalue weighted by molar-refractivity contribution is -0.0980. The Morgan fingerprint density at radius 3 is 2.00 bits per heavy atom. The van der Waals surface area contributed by atoms with Crippen LogP contribution < -0.4 is 5.73 Å². The lowest BCUT2D eigenvalue weighted by Crippen LogP contribution is -2.42. The van der Waals surface area contributed by atoms with Crippen LogP contribution in [0.4, 0.5) is 0 Å². The minimum Gasteiger partial charge on any atom is -0.378 e. The molecule has 2 N–H and O–H groups in total. The molecule has 3 saturated carbocycles. The summed E-state index contributed by atoms with van der Waals surface area (Å²) in [6.07, 6.45) is 9.84. The minimum atomic E-state index is 0.288. The van der Waals surface area contributed by atoms with Crippen LogP contribution in [0, 0.1) is 23.7 Å². The Morgan fingerprint density at radius 2 is 1.57 bits per heavy atom. The van der Waals surface area contributed by atoms with Gasteiger partial charge in [0.15, 0.2) is 0 Å². The molecule has 2 bridgehead atoms. The van der Waals surface area contributed by atoms with E-state index in [-0.39, 0.29) is 5.60 Å². The van der Waals surface area contributed by atoms with Crippen LogP contribution in [0.1, 0.15) is 65.7 Å². The number of carbonyl (C=O) groups is 1. The van der Waals surface area contributed by atoms with Crippen molar-refractivity contribution in [2.24, 2.45) is 29.4 Å². The van der Waals surface area contributed by atoms with Gasteiger partial charge in [0.05, 0.1) is 5.60 Å². The van der Waals surface area contributed by atoms with E-state index in [0.29, 0.717) is 0 Å². The van der Waals surface area contributed by atoms with Gasteiger partial charge in [-0.3, -0.25) is 0 Å². The first-order valence-electron chi connectivity index (χ1n) is 9.14. The second-order valence-corrected chi connectivity index (χ2v) is 6.39. The monoisotopic (exact) mass is 327 g/mol. The molecule has 0 spiro atoms. The highest BCUT2D eigenvalue weighted by atomic mass is 16.5. The normalized spacial score (nSPS) is 35.0. The molecule has 0 aromatic heterocycles. The number of hydrogen-bond donors (Lipinski definition) is 1. The van der Waals surface area contributed by atoms with Gasteiger partial charge >= 0.3 is 0 Å². The largest absolute Gasteiger partial charge is 0.378 e. The molecule has 0 radical (unpaired) electrons. The molecule has 0 aromatic carbocycles. The predicted molar refractivity (Wildman–Crippen MR) is 102 cm³/mol. The van der Waals surface area contributed by atoms with Crippen LogP contribution in [-0.2, 0) is 9.53 Å². The molecule has 0 saturated heterocycles. The summed E-state index contributed by atoms with van der Waals surface area (Å²) in [5.74, 6) is 4.06. The molecule has 3 heteroatoms. The maximum Gasteiger partial charge on any atom is 0.106 e. The van der Waals surface area contributed by atoms with Crippen molar-refractivity contribution in [2.75, 3.05) is 14.2 Å². The van der Waals surface area contributed by atoms with E-state index >= 15 is 0 Å². The summed E-state index contributed by atoms with van der Waals surface area (Å²) in [5.41, 5.74) is 4.79. The zero-order valence-electron chi connectivity index (χ0n) is 16.3. The summed E-state index contributed by atoms with van der Waals surface area (Å²) in [6, 6.07) is 0. The Balaban J connectivity index is 0. The van der Waals surface area contributed by atoms with Crippen molar-refractivity contribution < 1.29 is 9.53 Å². The number of fused-ring (bicyclic) bond motifs is 5. The molecule has 0 heterocycles. The molecule has 23 heavy (non-hydrogen) atoms. The summed E-state index contributed by atoms with van der Waals surface area (Å²) < 4.78 is 5.89. The highest BCUT2D eigenvalue weighted by Gasteiger charge is 2.60. The lowest BCUT2D eigenvalue weighted by Gasteiger charge is -2.41. The number of methoxy groups -OCH3 is 1. The molecule has 3 aliphatic carbocycles. The van der Waals surface area contributed by atoms with Gasteiger partial charge in [0.25, 0.3) is 0 Å². The van der Waals surface area contributed by atoms with Crippen LogP contribution in [0.2, 0.25) is 0 Å². The fraction of sp³-hybridized carbons (Fsp3) is 0.850. The summed E-state index contributed by atoms with van der Waals surface area (Å²) >= 11 is 0. The Bertz CT molecular complexity index is 277. The van der Waals surface area contributed by atoms with E-state index in [1.807, 2.05) is 13.9 Å². The van der Waals surface area contributed by atoms with Gasteiger partial charge in [0.2, 0.25) is 0 Å². The first-order chi connectivity index (χ1) is 11.2. The maximum absolute atomic E-state index is 8.00. The Morgan fingerprint density at radius 1 is 1.09 bits per heavy atom. The first kappa shape index (κ1) is 24.6. The highest BCUT2D eigenvalue weighted by Crippen LogP contribution is 2.63. The Hall–Kier alpha value is -0.670. The fourth-order valence-electron chi connectivity index (χ4n) is 5.00. The van der Waals surface area contributed by atoms with Gasteiger partial charge in [-0.2, -0.15) is 0 Å². The van der Waals surface area contributed by atoms with E-state index in [0.717, 1.165) is 23.7 Å². The van der Waals surface area contributed by atoms with E-state index in [1.54, 1.807) is 0 Å². The number of nitrogens with two attached hydrogens (primary N) is 1.